The molecule has 6 bridgehead atoms. The number of halogens is 2. The number of carbonyl (C=O) groups is 3. The predicted molar refractivity (Wildman–Crippen MR) is 435 cm³/mol. The first-order valence-corrected chi connectivity index (χ1v) is 38.8. The van der Waals surface area contributed by atoms with E-state index in [2.05, 4.69) is 189 Å². The zero-order chi connectivity index (χ0) is 80.2. The Kier molecular flexibility index (Phi) is 25.5. The first kappa shape index (κ1) is 81.1. The molecule has 35 heteroatoms. The second-order valence-corrected chi connectivity index (χ2v) is 32.6. The number of pyridine rings is 5. The van der Waals surface area contributed by atoms with Crippen LogP contribution < -0.4 is 40.9 Å². The van der Waals surface area contributed by atoms with Crippen LogP contribution in [-0.2, 0) is 0 Å². The Morgan fingerprint density at radius 2 is 1.07 bits per heavy atom. The average Bonchev–Trinajstić information content (AvgIpc) is 1.59. The molecule has 0 saturated carbocycles. The Morgan fingerprint density at radius 1 is 0.575 bits per heavy atom. The van der Waals surface area contributed by atoms with Crippen molar-refractivity contribution in [2.75, 3.05) is 30.5 Å². The number of hydrazone groups is 1. The van der Waals surface area contributed by atoms with Gasteiger partial charge < -0.3 is 49.5 Å². The number of rotatable bonds is 3. The Hall–Kier alpha value is -11.4. The third-order valence-corrected chi connectivity index (χ3v) is 22.8. The standard InChI is InChI=1S/C22H20N8O2.C18H17BrN6O2.C18H19N7O4.C16H32B2.C4H3ClN2/c1-14-4-3-9-32-22-16(10-15(11-25-22)18-12-23-7-8-24-18)21(31)28-19-6-2-5-17(27-19)20-29-26-13-30(14)20;1-11-4-3-7-27-18-13(8-12(19)9-20-18)17(26)23-15-6-2-5-14(22-15)16-24-21-10-25(11)16;1-11-4-3-7-29-18-13(8-12(9-19-18)25(27)28)17(26)22-15-6-2-5-14(21-15)16-23-20-10-24(11)16;1-13(2)9-17(10-14(13,3)4)18-11-15(5,6)16(7,8)12-18;5-4-3-6-1-2-7-4/h2,5-8,10-14H,3-4,9H2,1H3,(H,27,28,31);2,5-6,8-11H,3-4,7H2,1H3,(H,22,23,26);2,5-6,8-11,21,23H,3-4,7H2,1H3,(H,22,26);9-12H2,1-8H3;1-3H/t14-;2*11-;;/m000../s1. The summed E-state index contributed by atoms with van der Waals surface area (Å²) >= 11 is 8.72. The molecule has 16 rings (SSSR count). The second-order valence-electron chi connectivity index (χ2n) is 31.3. The monoisotopic (exact) mass is 1610 g/mol. The zero-order valence-electron chi connectivity index (χ0n) is 65.0. The van der Waals surface area contributed by atoms with Crippen LogP contribution in [0, 0.1) is 31.8 Å². The predicted octanol–water partition coefficient (Wildman–Crippen LogP) is 14.3. The summed E-state index contributed by atoms with van der Waals surface area (Å²) in [5.74, 6) is 2.66. The van der Waals surface area contributed by atoms with E-state index in [1.165, 1.54) is 37.5 Å². The van der Waals surface area contributed by atoms with Crippen molar-refractivity contribution in [3.05, 3.63) is 195 Å². The number of fused-ring (bicyclic) bond motifs is 14. The minimum atomic E-state index is -0.600. The van der Waals surface area contributed by atoms with Gasteiger partial charge in [-0.3, -0.25) is 44.9 Å². The number of nitro groups is 1. The zero-order valence-corrected chi connectivity index (χ0v) is 67.3. The molecule has 0 aliphatic carbocycles. The second kappa shape index (κ2) is 35.5. The number of amides is 3. The van der Waals surface area contributed by atoms with E-state index < -0.39 is 10.8 Å². The van der Waals surface area contributed by atoms with Crippen molar-refractivity contribution in [1.82, 2.24) is 95.3 Å². The number of ether oxygens (including phenoxy) is 3. The van der Waals surface area contributed by atoms with E-state index in [1.54, 1.807) is 98.8 Å². The number of carbonyl (C=O) groups excluding carboxylic acids is 3. The largest absolute Gasteiger partial charge is 0.477 e. The highest BCUT2D eigenvalue weighted by atomic mass is 79.9. The van der Waals surface area contributed by atoms with Crippen LogP contribution in [0.5, 0.6) is 17.6 Å². The first-order chi connectivity index (χ1) is 54.1. The summed E-state index contributed by atoms with van der Waals surface area (Å²) in [5, 5.41) is 43.7. The molecule has 586 valence electrons. The van der Waals surface area contributed by atoms with Gasteiger partial charge in [0.25, 0.3) is 23.4 Å². The van der Waals surface area contributed by atoms with E-state index >= 15 is 0 Å². The van der Waals surface area contributed by atoms with Crippen molar-refractivity contribution >= 4 is 82.1 Å². The lowest BCUT2D eigenvalue weighted by Gasteiger charge is -2.35. The van der Waals surface area contributed by atoms with Gasteiger partial charge in [0.1, 0.15) is 89.1 Å². The molecular weight excluding hydrogens is 1520 g/mol. The molecule has 3 atom stereocenters. The van der Waals surface area contributed by atoms with Gasteiger partial charge in [0.05, 0.1) is 48.5 Å². The van der Waals surface area contributed by atoms with Crippen molar-refractivity contribution in [2.45, 2.75) is 158 Å². The van der Waals surface area contributed by atoms with Crippen LogP contribution in [0.3, 0.4) is 0 Å². The topological polar surface area (TPSA) is 375 Å². The highest BCUT2D eigenvalue weighted by Crippen LogP contribution is 2.59. The maximum atomic E-state index is 13.2. The summed E-state index contributed by atoms with van der Waals surface area (Å²) in [6, 6.07) is 15.8. The van der Waals surface area contributed by atoms with Gasteiger partial charge in [-0.15, -0.1) is 20.4 Å². The number of hydrogen-bond acceptors (Lipinski definition) is 25. The fourth-order valence-corrected chi connectivity index (χ4v) is 15.0. The summed E-state index contributed by atoms with van der Waals surface area (Å²) in [4.78, 5) is 88.7. The van der Waals surface area contributed by atoms with Crippen LogP contribution in [0.2, 0.25) is 30.4 Å². The molecule has 0 unspecified atom stereocenters. The third-order valence-electron chi connectivity index (χ3n) is 22.2. The Bertz CT molecular complexity index is 4980. The minimum Gasteiger partial charge on any atom is -0.477 e. The summed E-state index contributed by atoms with van der Waals surface area (Å²) in [5.41, 5.74) is 8.73. The number of nitrogens with one attached hydrogen (secondary N) is 5. The van der Waals surface area contributed by atoms with Crippen LogP contribution in [0.25, 0.3) is 34.3 Å². The van der Waals surface area contributed by atoms with Gasteiger partial charge in [-0.25, -0.2) is 29.9 Å². The molecule has 0 spiro atoms. The fraction of sp³-hybridized carbons (Fsp3) is 0.397. The van der Waals surface area contributed by atoms with E-state index in [9.17, 15) is 24.5 Å². The third kappa shape index (κ3) is 19.7. The summed E-state index contributed by atoms with van der Waals surface area (Å²) < 4.78 is 22.0. The Balaban J connectivity index is 0.000000137. The highest BCUT2D eigenvalue weighted by Gasteiger charge is 2.56. The molecule has 31 nitrogen and oxygen atoms in total. The van der Waals surface area contributed by atoms with Crippen molar-refractivity contribution in [3.63, 3.8) is 0 Å². The summed E-state index contributed by atoms with van der Waals surface area (Å²) in [7, 11) is 0. The number of aromatic nitrogens is 15. The van der Waals surface area contributed by atoms with Gasteiger partial charge in [-0.1, -0.05) is 110 Å². The quantitative estimate of drug-likeness (QED) is 0.0623. The fourth-order valence-electron chi connectivity index (χ4n) is 14.5. The molecule has 0 aromatic carbocycles. The van der Waals surface area contributed by atoms with E-state index in [1.807, 2.05) is 44.4 Å². The Morgan fingerprint density at radius 3 is 1.58 bits per heavy atom. The van der Waals surface area contributed by atoms with Crippen LogP contribution in [0.4, 0.5) is 17.3 Å². The maximum absolute atomic E-state index is 13.2. The molecule has 16 heterocycles. The molecule has 9 aromatic heterocycles. The van der Waals surface area contributed by atoms with E-state index in [0.717, 1.165) is 63.0 Å². The van der Waals surface area contributed by atoms with Gasteiger partial charge >= 0.3 is 0 Å². The van der Waals surface area contributed by atoms with Gasteiger partial charge in [-0.05, 0) is 145 Å². The molecule has 7 aliphatic heterocycles. The molecule has 2 fully saturated rings. The molecule has 2 saturated heterocycles. The first-order valence-electron chi connectivity index (χ1n) is 37.6. The van der Waals surface area contributed by atoms with Crippen molar-refractivity contribution in [3.8, 4) is 51.9 Å². The van der Waals surface area contributed by atoms with Gasteiger partial charge in [0, 0.05) is 71.4 Å². The summed E-state index contributed by atoms with van der Waals surface area (Å²) in [6.07, 6.45) is 34.7. The lowest BCUT2D eigenvalue weighted by Crippen LogP contribution is -2.37. The molecule has 3 amide bonds. The number of allylic oxidation sites excluding steroid dienone is 3. The summed E-state index contributed by atoms with van der Waals surface area (Å²) in [6.45, 7) is 29.3. The highest BCUT2D eigenvalue weighted by molar-refractivity contribution is 9.10. The molecule has 9 aromatic rings. The van der Waals surface area contributed by atoms with Crippen LogP contribution in [-0.4, -0.2) is 147 Å². The lowest BCUT2D eigenvalue weighted by molar-refractivity contribution is -0.385. The van der Waals surface area contributed by atoms with Crippen LogP contribution in [0.15, 0.2) is 168 Å². The molecule has 0 radical (unpaired) electrons. The molecule has 5 N–H and O–H groups in total. The van der Waals surface area contributed by atoms with E-state index in [4.69, 9.17) is 25.8 Å². The van der Waals surface area contributed by atoms with E-state index in [-0.39, 0.29) is 53.0 Å². The lowest BCUT2D eigenvalue weighted by atomic mass is 9.06. The number of anilines is 2. The SMILES string of the molecule is CC1(C)CB(B2CC(C)(C)C(C)(C)C2)CC1(C)C.C[C@H]1CCCOc2ncc(-c3cnccn3)cc2C(=O)Nc2cccc(n2)-c2nncn21.C[C@H]1CCCOc2ncc(Br)cc2C(=O)Nc2cccc(n2)-c2nncn21.C[C@H]1CCCOc2ncc([N+](=O)[O-])cc2C(=O)NC2=CC=CC(=C3NN=CN31)N2.Clc1cnccn1. The number of nitrogens with zero attached hydrogens (tertiary/aromatic N) is 18. The van der Waals surface area contributed by atoms with Crippen LogP contribution in [0.1, 0.15) is 158 Å². The number of hydrogen-bond donors (Lipinski definition) is 5. The van der Waals surface area contributed by atoms with Crippen molar-refractivity contribution < 1.29 is 33.5 Å². The Labute approximate surface area is 669 Å². The minimum absolute atomic E-state index is 0.000264. The van der Waals surface area contributed by atoms with Gasteiger partial charge in [0.15, 0.2) is 17.5 Å². The molecule has 113 heavy (non-hydrogen) atoms. The van der Waals surface area contributed by atoms with Gasteiger partial charge in [-0.2, -0.15) is 5.10 Å². The van der Waals surface area contributed by atoms with Crippen molar-refractivity contribution in [1.29, 1.82) is 0 Å². The van der Waals surface area contributed by atoms with E-state index in [0.29, 0.717) is 126 Å². The molecule has 7 aliphatic rings. The van der Waals surface area contributed by atoms with Gasteiger partial charge in [0.2, 0.25) is 17.6 Å². The van der Waals surface area contributed by atoms with Crippen molar-refractivity contribution in [2.24, 2.45) is 26.8 Å². The molecular formula is C78H91B2BrClN23O8. The normalized spacial score (nSPS) is 19.7. The number of dihydropyridines is 1. The average molecular weight is 1620 g/mol. The maximum Gasteiger partial charge on any atom is 0.288 e. The smallest absolute Gasteiger partial charge is 0.288 e. The van der Waals surface area contributed by atoms with Crippen LogP contribution >= 0.6 is 27.5 Å².